The second-order valence-electron chi connectivity index (χ2n) is 5.78. The minimum Gasteiger partial charge on any atom is -0.497 e. The van der Waals surface area contributed by atoms with Crippen LogP contribution in [-0.4, -0.2) is 21.6 Å². The molecule has 0 radical (unpaired) electrons. The van der Waals surface area contributed by atoms with Crippen molar-refractivity contribution in [3.8, 4) is 11.6 Å². The van der Waals surface area contributed by atoms with Crippen molar-refractivity contribution in [3.05, 3.63) is 47.5 Å². The lowest BCUT2D eigenvalue weighted by Crippen LogP contribution is -1.83. The number of azo groups is 1. The summed E-state index contributed by atoms with van der Waals surface area (Å²) < 4.78 is 6.83. The Hall–Kier alpha value is -2.93. The number of hydrogen-bond donors (Lipinski definition) is 1. The lowest BCUT2D eigenvalue weighted by molar-refractivity contribution is 0.415. The molecule has 1 N–H and O–H groups in total. The molecule has 0 aliphatic rings. The average molecular weight is 352 g/mol. The van der Waals surface area contributed by atoms with Gasteiger partial charge >= 0.3 is 0 Å². The zero-order valence-corrected chi connectivity index (χ0v) is 14.8. The van der Waals surface area contributed by atoms with Gasteiger partial charge in [0.15, 0.2) is 4.96 Å². The highest BCUT2D eigenvalue weighted by Gasteiger charge is 2.16. The summed E-state index contributed by atoms with van der Waals surface area (Å²) in [6.45, 7) is 4.10. The van der Waals surface area contributed by atoms with E-state index in [9.17, 15) is 5.11 Å². The largest absolute Gasteiger partial charge is 0.497 e. The van der Waals surface area contributed by atoms with Crippen LogP contribution in [0.3, 0.4) is 0 Å². The van der Waals surface area contributed by atoms with Crippen LogP contribution in [-0.2, 0) is 0 Å². The molecule has 2 aromatic heterocycles. The number of methoxy groups -OCH3 is 1. The van der Waals surface area contributed by atoms with Gasteiger partial charge in [-0.05, 0) is 61.4 Å². The smallest absolute Gasteiger partial charge is 0.237 e. The Morgan fingerprint density at radius 1 is 1.08 bits per heavy atom. The molecule has 4 aromatic rings. The van der Waals surface area contributed by atoms with Crippen molar-refractivity contribution in [2.75, 3.05) is 7.11 Å². The van der Waals surface area contributed by atoms with Crippen molar-refractivity contribution in [2.24, 2.45) is 10.2 Å². The number of rotatable bonds is 3. The maximum absolute atomic E-state index is 10.6. The number of benzene rings is 2. The van der Waals surface area contributed by atoms with Crippen molar-refractivity contribution in [2.45, 2.75) is 13.8 Å². The molecule has 6 nitrogen and oxygen atoms in total. The molecule has 0 spiro atoms. The summed E-state index contributed by atoms with van der Waals surface area (Å²) in [6.07, 6.45) is 0. The topological polar surface area (TPSA) is 71.5 Å². The third-order valence-corrected chi connectivity index (χ3v) is 5.07. The van der Waals surface area contributed by atoms with Crippen LogP contribution in [0.2, 0.25) is 0 Å². The lowest BCUT2D eigenvalue weighted by Gasteiger charge is -2.00. The number of imidazole rings is 1. The highest BCUT2D eigenvalue weighted by atomic mass is 32.1. The van der Waals surface area contributed by atoms with E-state index in [0.717, 1.165) is 22.3 Å². The van der Waals surface area contributed by atoms with E-state index in [4.69, 9.17) is 4.74 Å². The number of thiazole rings is 1. The Balaban J connectivity index is 1.76. The molecule has 7 heteroatoms. The van der Waals surface area contributed by atoms with Gasteiger partial charge < -0.3 is 9.84 Å². The molecule has 0 bridgehead atoms. The van der Waals surface area contributed by atoms with Crippen molar-refractivity contribution in [3.63, 3.8) is 0 Å². The van der Waals surface area contributed by atoms with Crippen LogP contribution < -0.4 is 4.74 Å². The number of nitrogens with zero attached hydrogens (tertiary/aromatic N) is 4. The molecule has 0 amide bonds. The first-order valence-electron chi connectivity index (χ1n) is 7.74. The summed E-state index contributed by atoms with van der Waals surface area (Å²) >= 11 is 1.30. The van der Waals surface area contributed by atoms with Crippen LogP contribution >= 0.6 is 11.3 Å². The summed E-state index contributed by atoms with van der Waals surface area (Å²) in [6, 6.07) is 11.3. The van der Waals surface area contributed by atoms with Crippen LogP contribution in [0.1, 0.15) is 11.1 Å². The molecule has 0 unspecified atom stereocenters. The van der Waals surface area contributed by atoms with Gasteiger partial charge in [0.1, 0.15) is 5.75 Å². The first kappa shape index (κ1) is 15.6. The summed E-state index contributed by atoms with van der Waals surface area (Å²) in [5, 5.41) is 19.3. The molecule has 4 rings (SSSR count). The van der Waals surface area contributed by atoms with E-state index in [0.29, 0.717) is 15.6 Å². The molecule has 2 aromatic carbocycles. The Morgan fingerprint density at radius 2 is 1.80 bits per heavy atom. The van der Waals surface area contributed by atoms with Crippen LogP contribution in [0.25, 0.3) is 16.0 Å². The highest BCUT2D eigenvalue weighted by Crippen LogP contribution is 2.40. The van der Waals surface area contributed by atoms with Gasteiger partial charge in [0.25, 0.3) is 0 Å². The number of ether oxygens (including phenoxy) is 1. The third kappa shape index (κ3) is 2.62. The maximum atomic E-state index is 10.6. The number of aromatic nitrogens is 2. The minimum absolute atomic E-state index is 0.0583. The van der Waals surface area contributed by atoms with Gasteiger partial charge in [0.2, 0.25) is 10.9 Å². The van der Waals surface area contributed by atoms with Crippen LogP contribution in [0, 0.1) is 13.8 Å². The minimum atomic E-state index is 0.0583. The Kier molecular flexibility index (Phi) is 3.65. The first-order valence-corrected chi connectivity index (χ1v) is 8.55. The normalized spacial score (nSPS) is 11.8. The van der Waals surface area contributed by atoms with Gasteiger partial charge in [-0.1, -0.05) is 11.3 Å². The van der Waals surface area contributed by atoms with Crippen molar-refractivity contribution in [1.29, 1.82) is 0 Å². The first-order chi connectivity index (χ1) is 12.1. The quantitative estimate of drug-likeness (QED) is 0.509. The number of fused-ring (bicyclic) bond motifs is 3. The Bertz CT molecular complexity index is 1110. The predicted octanol–water partition coefficient (Wildman–Crippen LogP) is 5.30. The zero-order valence-electron chi connectivity index (χ0n) is 14.0. The van der Waals surface area contributed by atoms with Crippen molar-refractivity contribution >= 4 is 38.0 Å². The van der Waals surface area contributed by atoms with Gasteiger partial charge in [-0.25, -0.2) is 4.98 Å². The van der Waals surface area contributed by atoms with Gasteiger partial charge in [-0.3, -0.25) is 4.40 Å². The molecule has 2 heterocycles. The number of hydrogen-bond acceptors (Lipinski definition) is 6. The molecule has 0 aliphatic carbocycles. The summed E-state index contributed by atoms with van der Waals surface area (Å²) in [7, 11) is 1.61. The molecule has 0 saturated carbocycles. The fourth-order valence-electron chi connectivity index (χ4n) is 2.63. The maximum Gasteiger partial charge on any atom is 0.237 e. The van der Waals surface area contributed by atoms with Crippen LogP contribution in [0.4, 0.5) is 10.7 Å². The number of aromatic hydroxyl groups is 1. The Labute approximate surface area is 148 Å². The highest BCUT2D eigenvalue weighted by molar-refractivity contribution is 7.21. The van der Waals surface area contributed by atoms with Crippen molar-refractivity contribution in [1.82, 2.24) is 9.38 Å². The summed E-state index contributed by atoms with van der Waals surface area (Å²) in [4.78, 5) is 5.28. The second kappa shape index (κ2) is 5.86. The predicted molar refractivity (Wildman–Crippen MR) is 98.9 cm³/mol. The summed E-state index contributed by atoms with van der Waals surface area (Å²) in [5.74, 6) is 0.816. The fraction of sp³-hybridized carbons (Fsp3) is 0.167. The SMILES string of the molecule is COc1ccc(N=Nc2sc3nc4cc(C)c(C)cc4n3c2O)cc1. The molecule has 0 atom stereocenters. The van der Waals surface area contributed by atoms with Gasteiger partial charge in [0.05, 0.1) is 23.8 Å². The van der Waals surface area contributed by atoms with E-state index in [1.54, 1.807) is 23.6 Å². The molecule has 0 saturated heterocycles. The molecular formula is C18H16N4O2S. The molecular weight excluding hydrogens is 336 g/mol. The van der Waals surface area contributed by atoms with Crippen molar-refractivity contribution < 1.29 is 9.84 Å². The van der Waals surface area contributed by atoms with E-state index in [1.165, 1.54) is 16.9 Å². The second-order valence-corrected chi connectivity index (χ2v) is 6.74. The van der Waals surface area contributed by atoms with E-state index in [2.05, 4.69) is 22.1 Å². The van der Waals surface area contributed by atoms with Gasteiger partial charge in [-0.15, -0.1) is 10.2 Å². The zero-order chi connectivity index (χ0) is 17.6. The molecule has 126 valence electrons. The molecule has 0 fully saturated rings. The molecule has 0 aliphatic heterocycles. The van der Waals surface area contributed by atoms with Gasteiger partial charge in [0, 0.05) is 0 Å². The van der Waals surface area contributed by atoms with E-state index >= 15 is 0 Å². The lowest BCUT2D eigenvalue weighted by atomic mass is 10.1. The van der Waals surface area contributed by atoms with Gasteiger partial charge in [-0.2, -0.15) is 0 Å². The van der Waals surface area contributed by atoms with E-state index in [-0.39, 0.29) is 5.88 Å². The van der Waals surface area contributed by atoms with Crippen LogP contribution in [0.5, 0.6) is 11.6 Å². The Morgan fingerprint density at radius 3 is 2.52 bits per heavy atom. The summed E-state index contributed by atoms with van der Waals surface area (Å²) in [5.41, 5.74) is 4.75. The van der Waals surface area contributed by atoms with E-state index in [1.807, 2.05) is 31.2 Å². The average Bonchev–Trinajstić information content (AvgIpc) is 3.10. The fourth-order valence-corrected chi connectivity index (χ4v) is 3.49. The monoisotopic (exact) mass is 352 g/mol. The number of aryl methyl sites for hydroxylation is 2. The van der Waals surface area contributed by atoms with Crippen LogP contribution in [0.15, 0.2) is 46.6 Å². The third-order valence-electron chi connectivity index (χ3n) is 4.16. The van der Waals surface area contributed by atoms with E-state index < -0.39 is 0 Å². The molecule has 25 heavy (non-hydrogen) atoms. The standard InChI is InChI=1S/C18H16N4O2S/c1-10-8-14-15(9-11(10)2)22-17(23)16(25-18(22)19-14)21-20-12-4-6-13(24-3)7-5-12/h4-9,23H,1-3H3.